The van der Waals surface area contributed by atoms with Crippen LogP contribution in [0.2, 0.25) is 0 Å². The second-order valence-electron chi connectivity index (χ2n) is 3.86. The summed E-state index contributed by atoms with van der Waals surface area (Å²) in [7, 11) is 3.85. The SMILES string of the molecule is CCCNC(C)(CN(C)C)C(N)=O. The third-order valence-electron chi connectivity index (χ3n) is 1.94. The molecule has 0 aromatic carbocycles. The van der Waals surface area contributed by atoms with Crippen LogP contribution in [0.1, 0.15) is 20.3 Å². The topological polar surface area (TPSA) is 58.4 Å². The van der Waals surface area contributed by atoms with Crippen molar-refractivity contribution >= 4 is 5.91 Å². The van der Waals surface area contributed by atoms with Crippen molar-refractivity contribution in [3.63, 3.8) is 0 Å². The fourth-order valence-electron chi connectivity index (χ4n) is 1.25. The second kappa shape index (κ2) is 5.19. The fourth-order valence-corrected chi connectivity index (χ4v) is 1.25. The monoisotopic (exact) mass is 187 g/mol. The van der Waals surface area contributed by atoms with Gasteiger partial charge in [-0.1, -0.05) is 6.92 Å². The molecular formula is C9H21N3O. The maximum atomic E-state index is 11.2. The van der Waals surface area contributed by atoms with Crippen molar-refractivity contribution in [1.29, 1.82) is 0 Å². The Labute approximate surface area is 80.5 Å². The van der Waals surface area contributed by atoms with Gasteiger partial charge in [-0.15, -0.1) is 0 Å². The van der Waals surface area contributed by atoms with Crippen LogP contribution >= 0.6 is 0 Å². The molecule has 0 aliphatic heterocycles. The molecule has 0 saturated heterocycles. The lowest BCUT2D eigenvalue weighted by atomic mass is 10.0. The summed E-state index contributed by atoms with van der Waals surface area (Å²) in [5, 5.41) is 3.16. The molecule has 3 N–H and O–H groups in total. The quantitative estimate of drug-likeness (QED) is 0.605. The maximum Gasteiger partial charge on any atom is 0.238 e. The van der Waals surface area contributed by atoms with Crippen molar-refractivity contribution in [2.24, 2.45) is 5.73 Å². The molecule has 1 atom stereocenters. The third kappa shape index (κ3) is 4.24. The summed E-state index contributed by atoms with van der Waals surface area (Å²) in [6, 6.07) is 0. The van der Waals surface area contributed by atoms with Crippen LogP contribution in [-0.2, 0) is 4.79 Å². The summed E-state index contributed by atoms with van der Waals surface area (Å²) in [5.74, 6) is -0.297. The Kier molecular flexibility index (Phi) is 4.95. The van der Waals surface area contributed by atoms with Gasteiger partial charge in [0.25, 0.3) is 0 Å². The van der Waals surface area contributed by atoms with E-state index in [0.29, 0.717) is 6.54 Å². The molecule has 0 spiro atoms. The van der Waals surface area contributed by atoms with Gasteiger partial charge >= 0.3 is 0 Å². The van der Waals surface area contributed by atoms with E-state index in [1.54, 1.807) is 0 Å². The number of nitrogens with one attached hydrogen (secondary N) is 1. The number of carbonyl (C=O) groups is 1. The minimum absolute atomic E-state index is 0.297. The first-order chi connectivity index (χ1) is 5.92. The minimum Gasteiger partial charge on any atom is -0.368 e. The number of hydrogen-bond donors (Lipinski definition) is 2. The van der Waals surface area contributed by atoms with E-state index < -0.39 is 5.54 Å². The smallest absolute Gasteiger partial charge is 0.238 e. The fraction of sp³-hybridized carbons (Fsp3) is 0.889. The van der Waals surface area contributed by atoms with Gasteiger partial charge in [0.1, 0.15) is 5.54 Å². The lowest BCUT2D eigenvalue weighted by Crippen LogP contribution is -2.58. The Hall–Kier alpha value is -0.610. The van der Waals surface area contributed by atoms with Crippen LogP contribution in [0.25, 0.3) is 0 Å². The van der Waals surface area contributed by atoms with Crippen molar-refractivity contribution in [2.75, 3.05) is 27.2 Å². The van der Waals surface area contributed by atoms with Crippen molar-refractivity contribution in [3.8, 4) is 0 Å². The first kappa shape index (κ1) is 12.4. The molecule has 78 valence electrons. The molecule has 0 fully saturated rings. The number of rotatable bonds is 6. The van der Waals surface area contributed by atoms with E-state index in [0.717, 1.165) is 13.0 Å². The molecule has 4 heteroatoms. The third-order valence-corrected chi connectivity index (χ3v) is 1.94. The van der Waals surface area contributed by atoms with Gasteiger partial charge in [0.2, 0.25) is 5.91 Å². The van der Waals surface area contributed by atoms with Gasteiger partial charge in [-0.3, -0.25) is 4.79 Å². The van der Waals surface area contributed by atoms with E-state index in [-0.39, 0.29) is 5.91 Å². The van der Waals surface area contributed by atoms with Crippen LogP contribution in [0.4, 0.5) is 0 Å². The molecule has 0 rings (SSSR count). The van der Waals surface area contributed by atoms with E-state index in [2.05, 4.69) is 12.2 Å². The molecule has 0 bridgehead atoms. The molecule has 0 aromatic rings. The summed E-state index contributed by atoms with van der Waals surface area (Å²) < 4.78 is 0. The highest BCUT2D eigenvalue weighted by Crippen LogP contribution is 2.03. The van der Waals surface area contributed by atoms with E-state index in [9.17, 15) is 4.79 Å². The second-order valence-corrected chi connectivity index (χ2v) is 3.86. The molecule has 0 aliphatic carbocycles. The van der Waals surface area contributed by atoms with Crippen molar-refractivity contribution in [2.45, 2.75) is 25.8 Å². The zero-order valence-corrected chi connectivity index (χ0v) is 9.05. The van der Waals surface area contributed by atoms with Crippen LogP contribution in [0.5, 0.6) is 0 Å². The number of likely N-dealkylation sites (N-methyl/N-ethyl adjacent to an activating group) is 1. The normalized spacial score (nSPS) is 15.8. The average Bonchev–Trinajstić information content (AvgIpc) is 1.99. The largest absolute Gasteiger partial charge is 0.368 e. The standard InChI is InChI=1S/C9H21N3O/c1-5-6-11-9(2,8(10)13)7-12(3)4/h11H,5-7H2,1-4H3,(H2,10,13). The van der Waals surface area contributed by atoms with Gasteiger partial charge in [0.05, 0.1) is 0 Å². The number of amides is 1. The zero-order chi connectivity index (χ0) is 10.5. The first-order valence-electron chi connectivity index (χ1n) is 4.62. The highest BCUT2D eigenvalue weighted by molar-refractivity contribution is 5.84. The Morgan fingerprint density at radius 3 is 2.38 bits per heavy atom. The maximum absolute atomic E-state index is 11.2. The molecule has 0 saturated carbocycles. The average molecular weight is 187 g/mol. The Morgan fingerprint density at radius 1 is 1.54 bits per heavy atom. The molecule has 4 nitrogen and oxygen atoms in total. The van der Waals surface area contributed by atoms with Crippen LogP contribution < -0.4 is 11.1 Å². The van der Waals surface area contributed by atoms with Gasteiger partial charge in [0, 0.05) is 6.54 Å². The van der Waals surface area contributed by atoms with Gasteiger partial charge in [-0.25, -0.2) is 0 Å². The Morgan fingerprint density at radius 2 is 2.08 bits per heavy atom. The summed E-state index contributed by atoms with van der Waals surface area (Å²) in [6.45, 7) is 5.34. The summed E-state index contributed by atoms with van der Waals surface area (Å²) in [5.41, 5.74) is 4.72. The first-order valence-corrected chi connectivity index (χ1v) is 4.62. The van der Waals surface area contributed by atoms with Gasteiger partial charge in [-0.05, 0) is 34.0 Å². The molecule has 13 heavy (non-hydrogen) atoms. The van der Waals surface area contributed by atoms with Crippen molar-refractivity contribution in [3.05, 3.63) is 0 Å². The van der Waals surface area contributed by atoms with E-state index >= 15 is 0 Å². The molecule has 1 amide bonds. The Bertz CT molecular complexity index is 170. The zero-order valence-electron chi connectivity index (χ0n) is 9.05. The molecule has 1 unspecified atom stereocenters. The lowest BCUT2D eigenvalue weighted by Gasteiger charge is -2.30. The Balaban J connectivity index is 4.25. The van der Waals surface area contributed by atoms with Gasteiger partial charge < -0.3 is 16.0 Å². The molecule has 0 heterocycles. The molecule has 0 radical (unpaired) electrons. The van der Waals surface area contributed by atoms with Crippen LogP contribution in [0, 0.1) is 0 Å². The molecule has 0 aromatic heterocycles. The number of nitrogens with two attached hydrogens (primary N) is 1. The van der Waals surface area contributed by atoms with Gasteiger partial charge in [0.15, 0.2) is 0 Å². The van der Waals surface area contributed by atoms with E-state index in [1.165, 1.54) is 0 Å². The number of primary amides is 1. The van der Waals surface area contributed by atoms with Crippen LogP contribution in [0.15, 0.2) is 0 Å². The number of nitrogens with zero attached hydrogens (tertiary/aromatic N) is 1. The number of hydrogen-bond acceptors (Lipinski definition) is 3. The van der Waals surface area contributed by atoms with E-state index in [1.807, 2.05) is 25.9 Å². The van der Waals surface area contributed by atoms with Crippen molar-refractivity contribution in [1.82, 2.24) is 10.2 Å². The minimum atomic E-state index is -0.612. The van der Waals surface area contributed by atoms with Crippen molar-refractivity contribution < 1.29 is 4.79 Å². The predicted molar refractivity (Wildman–Crippen MR) is 54.4 cm³/mol. The highest BCUT2D eigenvalue weighted by Gasteiger charge is 2.30. The van der Waals surface area contributed by atoms with E-state index in [4.69, 9.17) is 5.73 Å². The van der Waals surface area contributed by atoms with Gasteiger partial charge in [-0.2, -0.15) is 0 Å². The molecular weight excluding hydrogens is 166 g/mol. The lowest BCUT2D eigenvalue weighted by molar-refractivity contribution is -0.124. The summed E-state index contributed by atoms with van der Waals surface area (Å²) in [4.78, 5) is 13.1. The van der Waals surface area contributed by atoms with Crippen LogP contribution in [0.3, 0.4) is 0 Å². The number of carbonyl (C=O) groups excluding carboxylic acids is 1. The highest BCUT2D eigenvalue weighted by atomic mass is 16.1. The summed E-state index contributed by atoms with van der Waals surface area (Å²) >= 11 is 0. The van der Waals surface area contributed by atoms with Crippen LogP contribution in [-0.4, -0.2) is 43.5 Å². The predicted octanol–water partition coefficient (Wildman–Crippen LogP) is -0.208. The summed E-state index contributed by atoms with van der Waals surface area (Å²) in [6.07, 6.45) is 0.996. The molecule has 0 aliphatic rings.